The second-order valence-corrected chi connectivity index (χ2v) is 8.75. The molecule has 3 amide bonds. The Labute approximate surface area is 210 Å². The van der Waals surface area contributed by atoms with Gasteiger partial charge in [0.2, 0.25) is 5.91 Å². The van der Waals surface area contributed by atoms with Crippen LogP contribution >= 0.6 is 27.7 Å². The molecule has 2 aromatic rings. The SMILES string of the molecule is C=CCOc1c(Br)cc(/C=C2/SC(=O)N(CC(=O)Nc3ccc(OCC)cc3)C2=O)cc1OC. The van der Waals surface area contributed by atoms with Gasteiger partial charge in [-0.3, -0.25) is 19.3 Å². The van der Waals surface area contributed by atoms with Crippen LogP contribution in [0.15, 0.2) is 58.4 Å². The summed E-state index contributed by atoms with van der Waals surface area (Å²) in [5.41, 5.74) is 1.16. The second kappa shape index (κ2) is 11.8. The number of thioether (sulfide) groups is 1. The number of nitrogens with one attached hydrogen (secondary N) is 1. The van der Waals surface area contributed by atoms with Gasteiger partial charge in [0.25, 0.3) is 11.1 Å². The number of carbonyl (C=O) groups excluding carboxylic acids is 3. The first-order chi connectivity index (χ1) is 16.4. The molecule has 1 N–H and O–H groups in total. The number of carbonyl (C=O) groups is 3. The van der Waals surface area contributed by atoms with Crippen molar-refractivity contribution in [3.8, 4) is 17.2 Å². The van der Waals surface area contributed by atoms with Crippen LogP contribution in [-0.2, 0) is 9.59 Å². The smallest absolute Gasteiger partial charge is 0.294 e. The molecule has 1 aliphatic heterocycles. The lowest BCUT2D eigenvalue weighted by molar-refractivity contribution is -0.127. The fourth-order valence-corrected chi connectivity index (χ4v) is 4.45. The first-order valence-corrected chi connectivity index (χ1v) is 11.9. The third kappa shape index (κ3) is 6.21. The minimum absolute atomic E-state index is 0.201. The third-order valence-corrected chi connectivity index (χ3v) is 6.02. The average molecular weight is 547 g/mol. The second-order valence-electron chi connectivity index (χ2n) is 6.91. The first-order valence-electron chi connectivity index (χ1n) is 10.3. The number of hydrogen-bond donors (Lipinski definition) is 1. The molecule has 1 saturated heterocycles. The van der Waals surface area contributed by atoms with Crippen molar-refractivity contribution in [2.24, 2.45) is 0 Å². The number of benzene rings is 2. The zero-order valence-corrected chi connectivity index (χ0v) is 21.0. The zero-order valence-electron chi connectivity index (χ0n) is 18.6. The summed E-state index contributed by atoms with van der Waals surface area (Å²) in [5.74, 6) is 0.606. The van der Waals surface area contributed by atoms with Gasteiger partial charge in [0, 0.05) is 5.69 Å². The van der Waals surface area contributed by atoms with E-state index in [4.69, 9.17) is 14.2 Å². The summed E-state index contributed by atoms with van der Waals surface area (Å²) >= 11 is 4.21. The van der Waals surface area contributed by atoms with E-state index in [0.29, 0.717) is 46.2 Å². The van der Waals surface area contributed by atoms with E-state index in [0.717, 1.165) is 16.7 Å². The number of rotatable bonds is 10. The van der Waals surface area contributed by atoms with Crippen molar-refractivity contribution >= 4 is 56.5 Å². The Balaban J connectivity index is 1.70. The Bertz CT molecular complexity index is 1130. The number of nitrogens with zero attached hydrogens (tertiary/aromatic N) is 1. The van der Waals surface area contributed by atoms with E-state index < -0.39 is 23.6 Å². The van der Waals surface area contributed by atoms with Gasteiger partial charge in [-0.2, -0.15) is 0 Å². The maximum absolute atomic E-state index is 12.8. The lowest BCUT2D eigenvalue weighted by atomic mass is 10.2. The number of amides is 3. The van der Waals surface area contributed by atoms with Gasteiger partial charge >= 0.3 is 0 Å². The summed E-state index contributed by atoms with van der Waals surface area (Å²) in [6.45, 7) is 5.94. The van der Waals surface area contributed by atoms with Gasteiger partial charge in [0.1, 0.15) is 18.9 Å². The molecular weight excluding hydrogens is 524 g/mol. The van der Waals surface area contributed by atoms with Crippen molar-refractivity contribution in [1.29, 1.82) is 0 Å². The molecule has 178 valence electrons. The minimum atomic E-state index is -0.543. The van der Waals surface area contributed by atoms with Crippen molar-refractivity contribution in [2.45, 2.75) is 6.92 Å². The number of ether oxygens (including phenoxy) is 3. The van der Waals surface area contributed by atoms with Crippen LogP contribution in [0.5, 0.6) is 17.2 Å². The van der Waals surface area contributed by atoms with Crippen LogP contribution in [0.4, 0.5) is 10.5 Å². The molecule has 0 spiro atoms. The van der Waals surface area contributed by atoms with Crippen LogP contribution in [0.2, 0.25) is 0 Å². The maximum Gasteiger partial charge on any atom is 0.294 e. The monoisotopic (exact) mass is 546 g/mol. The highest BCUT2D eigenvalue weighted by Crippen LogP contribution is 2.39. The van der Waals surface area contributed by atoms with E-state index in [9.17, 15) is 14.4 Å². The van der Waals surface area contributed by atoms with Crippen LogP contribution in [0.25, 0.3) is 6.08 Å². The lowest BCUT2D eigenvalue weighted by Gasteiger charge is -2.13. The van der Waals surface area contributed by atoms with E-state index >= 15 is 0 Å². The summed E-state index contributed by atoms with van der Waals surface area (Å²) in [6, 6.07) is 10.3. The largest absolute Gasteiger partial charge is 0.494 e. The standard InChI is InChI=1S/C24H23BrN2O6S/c1-4-10-33-22-18(25)11-15(12-19(22)31-3)13-20-23(29)27(24(30)34-20)14-21(28)26-16-6-8-17(9-7-16)32-5-2/h4,6-9,11-13H,1,5,10,14H2,2-3H3,(H,26,28)/b20-13+. The van der Waals surface area contributed by atoms with Crippen LogP contribution in [0.3, 0.4) is 0 Å². The number of halogens is 1. The van der Waals surface area contributed by atoms with Gasteiger partial charge in [0.15, 0.2) is 11.5 Å². The topological polar surface area (TPSA) is 94.2 Å². The van der Waals surface area contributed by atoms with Gasteiger partial charge in [-0.1, -0.05) is 12.7 Å². The van der Waals surface area contributed by atoms with Crippen LogP contribution < -0.4 is 19.5 Å². The average Bonchev–Trinajstić information content (AvgIpc) is 3.06. The molecule has 0 radical (unpaired) electrons. The molecule has 0 bridgehead atoms. The van der Waals surface area contributed by atoms with E-state index in [1.54, 1.807) is 48.6 Å². The highest BCUT2D eigenvalue weighted by Gasteiger charge is 2.36. The van der Waals surface area contributed by atoms with Crippen molar-refractivity contribution in [1.82, 2.24) is 4.90 Å². The Kier molecular flexibility index (Phi) is 8.78. The van der Waals surface area contributed by atoms with Crippen molar-refractivity contribution in [2.75, 3.05) is 32.2 Å². The Hall–Kier alpha value is -3.24. The van der Waals surface area contributed by atoms with Crippen LogP contribution in [0.1, 0.15) is 12.5 Å². The number of imide groups is 1. The summed E-state index contributed by atoms with van der Waals surface area (Å²) < 4.78 is 17.0. The molecule has 0 atom stereocenters. The van der Waals surface area contributed by atoms with E-state index in [-0.39, 0.29) is 4.91 Å². The molecule has 0 unspecified atom stereocenters. The molecule has 3 rings (SSSR count). The highest BCUT2D eigenvalue weighted by atomic mass is 79.9. The fourth-order valence-electron chi connectivity index (χ4n) is 3.04. The molecule has 1 heterocycles. The fraction of sp³-hybridized carbons (Fsp3) is 0.208. The molecule has 1 aliphatic rings. The van der Waals surface area contributed by atoms with E-state index in [1.165, 1.54) is 7.11 Å². The molecule has 0 aromatic heterocycles. The predicted octanol–water partition coefficient (Wildman–Crippen LogP) is 5.10. The Morgan fingerprint density at radius 3 is 2.59 bits per heavy atom. The molecule has 1 fully saturated rings. The van der Waals surface area contributed by atoms with Gasteiger partial charge in [-0.05, 0) is 82.7 Å². The normalized spacial score (nSPS) is 14.3. The van der Waals surface area contributed by atoms with Crippen LogP contribution in [0, 0.1) is 0 Å². The van der Waals surface area contributed by atoms with Gasteiger partial charge in [-0.15, -0.1) is 0 Å². The van der Waals surface area contributed by atoms with Crippen molar-refractivity contribution in [3.05, 3.63) is 64.0 Å². The van der Waals surface area contributed by atoms with Gasteiger partial charge in [0.05, 0.1) is 23.1 Å². The predicted molar refractivity (Wildman–Crippen MR) is 135 cm³/mol. The maximum atomic E-state index is 12.8. The molecular formula is C24H23BrN2O6S. The number of methoxy groups -OCH3 is 1. The third-order valence-electron chi connectivity index (χ3n) is 4.52. The molecule has 0 saturated carbocycles. The first kappa shape index (κ1) is 25.4. The van der Waals surface area contributed by atoms with Gasteiger partial charge < -0.3 is 19.5 Å². The molecule has 34 heavy (non-hydrogen) atoms. The number of hydrogen-bond acceptors (Lipinski definition) is 7. The molecule has 8 nitrogen and oxygen atoms in total. The van der Waals surface area contributed by atoms with Crippen molar-refractivity contribution < 1.29 is 28.6 Å². The quantitative estimate of drug-likeness (QED) is 0.327. The van der Waals surface area contributed by atoms with Crippen LogP contribution in [-0.4, -0.2) is 48.8 Å². The highest BCUT2D eigenvalue weighted by molar-refractivity contribution is 9.10. The van der Waals surface area contributed by atoms with E-state index in [2.05, 4.69) is 27.8 Å². The van der Waals surface area contributed by atoms with Crippen molar-refractivity contribution in [3.63, 3.8) is 0 Å². The Morgan fingerprint density at radius 1 is 1.21 bits per heavy atom. The summed E-state index contributed by atoms with van der Waals surface area (Å²) in [4.78, 5) is 38.8. The van der Waals surface area contributed by atoms with Gasteiger partial charge in [-0.25, -0.2) is 0 Å². The summed E-state index contributed by atoms with van der Waals surface area (Å²) in [5, 5.41) is 2.16. The van der Waals surface area contributed by atoms with E-state index in [1.807, 2.05) is 6.92 Å². The Morgan fingerprint density at radius 2 is 1.94 bits per heavy atom. The zero-order chi connectivity index (χ0) is 24.7. The molecule has 2 aromatic carbocycles. The number of anilines is 1. The summed E-state index contributed by atoms with van der Waals surface area (Å²) in [6.07, 6.45) is 3.18. The molecule has 10 heteroatoms. The lowest BCUT2D eigenvalue weighted by Crippen LogP contribution is -2.36. The molecule has 0 aliphatic carbocycles. The minimum Gasteiger partial charge on any atom is -0.494 e. The summed E-state index contributed by atoms with van der Waals surface area (Å²) in [7, 11) is 1.50.